The molecule has 4 aromatic rings. The molecule has 0 aliphatic carbocycles. The summed E-state index contributed by atoms with van der Waals surface area (Å²) in [4.78, 5) is 23.8. The van der Waals surface area contributed by atoms with E-state index >= 15 is 0 Å². The summed E-state index contributed by atoms with van der Waals surface area (Å²) in [5, 5.41) is 15.2. The van der Waals surface area contributed by atoms with Gasteiger partial charge in [-0.05, 0) is 29.3 Å². The molecule has 1 heterocycles. The maximum Gasteiger partial charge on any atom is 0.351 e. The maximum atomic E-state index is 12.3. The Labute approximate surface area is 217 Å². The van der Waals surface area contributed by atoms with Crippen molar-refractivity contribution < 1.29 is 28.7 Å². The van der Waals surface area contributed by atoms with Crippen molar-refractivity contribution in [2.24, 2.45) is 0 Å². The van der Waals surface area contributed by atoms with Crippen molar-refractivity contribution in [1.82, 2.24) is 0 Å². The van der Waals surface area contributed by atoms with Gasteiger partial charge in [0.25, 0.3) is 5.69 Å². The van der Waals surface area contributed by atoms with Crippen molar-refractivity contribution in [3.05, 3.63) is 105 Å². The van der Waals surface area contributed by atoms with Crippen molar-refractivity contribution in [2.75, 3.05) is 19.5 Å². The van der Waals surface area contributed by atoms with Crippen LogP contribution in [0.5, 0.6) is 17.2 Å². The third-order valence-electron chi connectivity index (χ3n) is 5.29. The highest BCUT2D eigenvalue weighted by Crippen LogP contribution is 2.39. The van der Waals surface area contributed by atoms with Crippen molar-refractivity contribution in [1.29, 1.82) is 0 Å². The molecule has 0 saturated heterocycles. The van der Waals surface area contributed by atoms with Crippen LogP contribution in [0.3, 0.4) is 0 Å². The standard InChI is InChI=1S/C27H24N2O7S/c1-33-20-10-8-19(9-11-20)16-35-21-12-13-23(29(31)32)22(14-21)28-25-15-24(26(37-25)27(30)34-2)36-17-18-6-4-3-5-7-18/h3-15,28H,16-17H2,1-2H3. The summed E-state index contributed by atoms with van der Waals surface area (Å²) in [6.07, 6.45) is 0. The summed E-state index contributed by atoms with van der Waals surface area (Å²) in [5.74, 6) is 0.930. The minimum absolute atomic E-state index is 0.142. The van der Waals surface area contributed by atoms with Crippen LogP contribution in [0.4, 0.5) is 16.4 Å². The van der Waals surface area contributed by atoms with Crippen LogP contribution in [0.1, 0.15) is 20.8 Å². The Bertz CT molecular complexity index is 1370. The number of hydrogen-bond acceptors (Lipinski definition) is 9. The monoisotopic (exact) mass is 520 g/mol. The molecular formula is C27H24N2O7S. The number of esters is 1. The second-order valence-electron chi connectivity index (χ2n) is 7.77. The third kappa shape index (κ3) is 6.56. The minimum atomic E-state index is -0.563. The average molecular weight is 521 g/mol. The second-order valence-corrected chi connectivity index (χ2v) is 8.82. The Morgan fingerprint density at radius 3 is 2.24 bits per heavy atom. The molecule has 0 atom stereocenters. The van der Waals surface area contributed by atoms with E-state index in [9.17, 15) is 14.9 Å². The number of carbonyl (C=O) groups excluding carboxylic acids is 1. The number of rotatable bonds is 11. The molecule has 0 amide bonds. The number of thiophene rings is 1. The smallest absolute Gasteiger partial charge is 0.351 e. The number of ether oxygens (including phenoxy) is 4. The first kappa shape index (κ1) is 25.5. The van der Waals surface area contributed by atoms with Gasteiger partial charge in [0.05, 0.1) is 24.1 Å². The Balaban J connectivity index is 1.54. The Morgan fingerprint density at radius 2 is 1.57 bits per heavy atom. The fourth-order valence-corrected chi connectivity index (χ4v) is 4.33. The molecule has 0 aliphatic heterocycles. The van der Waals surface area contributed by atoms with Gasteiger partial charge in [0.15, 0.2) is 4.88 Å². The molecular weight excluding hydrogens is 496 g/mol. The van der Waals surface area contributed by atoms with Gasteiger partial charge in [-0.1, -0.05) is 42.5 Å². The van der Waals surface area contributed by atoms with Gasteiger partial charge < -0.3 is 24.3 Å². The molecule has 0 aliphatic rings. The molecule has 0 spiro atoms. The van der Waals surface area contributed by atoms with Crippen LogP contribution in [0.25, 0.3) is 0 Å². The molecule has 4 rings (SSSR count). The molecule has 10 heteroatoms. The molecule has 9 nitrogen and oxygen atoms in total. The Hall–Kier alpha value is -4.57. The number of benzene rings is 3. The van der Waals surface area contributed by atoms with Gasteiger partial charge in [0.2, 0.25) is 0 Å². The normalized spacial score (nSPS) is 10.4. The number of nitrogens with one attached hydrogen (secondary N) is 1. The van der Waals surface area contributed by atoms with Crippen LogP contribution in [0, 0.1) is 10.1 Å². The topological polar surface area (TPSA) is 109 Å². The van der Waals surface area contributed by atoms with Crippen LogP contribution in [-0.4, -0.2) is 25.1 Å². The molecule has 0 saturated carbocycles. The number of nitro groups is 1. The number of nitro benzene ring substituents is 1. The van der Waals surface area contributed by atoms with Gasteiger partial charge in [-0.3, -0.25) is 10.1 Å². The highest BCUT2D eigenvalue weighted by molar-refractivity contribution is 7.18. The number of methoxy groups -OCH3 is 2. The lowest BCUT2D eigenvalue weighted by molar-refractivity contribution is -0.383. The summed E-state index contributed by atoms with van der Waals surface area (Å²) < 4.78 is 21.8. The summed E-state index contributed by atoms with van der Waals surface area (Å²) in [6, 6.07) is 23.0. The van der Waals surface area contributed by atoms with Gasteiger partial charge in [0, 0.05) is 18.2 Å². The fourth-order valence-electron chi connectivity index (χ4n) is 3.40. The zero-order valence-corrected chi connectivity index (χ0v) is 20.9. The molecule has 190 valence electrons. The minimum Gasteiger partial charge on any atom is -0.497 e. The highest BCUT2D eigenvalue weighted by Gasteiger charge is 2.21. The largest absolute Gasteiger partial charge is 0.497 e. The fraction of sp³-hybridized carbons (Fsp3) is 0.148. The van der Waals surface area contributed by atoms with Crippen molar-refractivity contribution in [2.45, 2.75) is 13.2 Å². The summed E-state index contributed by atoms with van der Waals surface area (Å²) in [6.45, 7) is 0.514. The summed E-state index contributed by atoms with van der Waals surface area (Å²) >= 11 is 1.08. The number of hydrogen-bond donors (Lipinski definition) is 1. The van der Waals surface area contributed by atoms with E-state index in [4.69, 9.17) is 18.9 Å². The van der Waals surface area contributed by atoms with E-state index in [-0.39, 0.29) is 29.5 Å². The van der Waals surface area contributed by atoms with Crippen molar-refractivity contribution in [3.8, 4) is 17.2 Å². The zero-order chi connectivity index (χ0) is 26.2. The second kappa shape index (κ2) is 11.9. The first-order valence-electron chi connectivity index (χ1n) is 11.2. The lowest BCUT2D eigenvalue weighted by atomic mass is 10.2. The van der Waals surface area contributed by atoms with E-state index in [1.165, 1.54) is 19.2 Å². The molecule has 0 unspecified atom stereocenters. The van der Waals surface area contributed by atoms with E-state index in [1.54, 1.807) is 19.2 Å². The Kier molecular flexibility index (Phi) is 8.22. The molecule has 1 aromatic heterocycles. The van der Waals surface area contributed by atoms with Crippen LogP contribution >= 0.6 is 11.3 Å². The first-order valence-corrected chi connectivity index (χ1v) is 12.0. The zero-order valence-electron chi connectivity index (χ0n) is 20.1. The van der Waals surface area contributed by atoms with Crippen molar-refractivity contribution >= 4 is 33.7 Å². The number of anilines is 2. The first-order chi connectivity index (χ1) is 18.0. The average Bonchev–Trinajstić information content (AvgIpc) is 3.33. The summed E-state index contributed by atoms with van der Waals surface area (Å²) in [7, 11) is 2.88. The van der Waals surface area contributed by atoms with Gasteiger partial charge in [0.1, 0.15) is 36.1 Å². The van der Waals surface area contributed by atoms with E-state index in [2.05, 4.69) is 5.32 Å². The van der Waals surface area contributed by atoms with Crippen LogP contribution < -0.4 is 19.5 Å². The molecule has 0 bridgehead atoms. The maximum absolute atomic E-state index is 12.3. The highest BCUT2D eigenvalue weighted by atomic mass is 32.1. The quantitative estimate of drug-likeness (QED) is 0.138. The molecule has 3 aromatic carbocycles. The molecule has 1 N–H and O–H groups in total. The molecule has 0 fully saturated rings. The van der Waals surface area contributed by atoms with E-state index in [1.807, 2.05) is 54.6 Å². The van der Waals surface area contributed by atoms with Gasteiger partial charge >= 0.3 is 5.97 Å². The number of nitrogens with zero attached hydrogens (tertiary/aromatic N) is 1. The summed E-state index contributed by atoms with van der Waals surface area (Å²) in [5.41, 5.74) is 1.91. The van der Waals surface area contributed by atoms with Crippen LogP contribution in [0.2, 0.25) is 0 Å². The molecule has 0 radical (unpaired) electrons. The SMILES string of the molecule is COC(=O)c1sc(Nc2cc(OCc3ccc(OC)cc3)ccc2[N+](=O)[O-])cc1OCc1ccccc1. The van der Waals surface area contributed by atoms with Gasteiger partial charge in [-0.25, -0.2) is 4.79 Å². The molecule has 37 heavy (non-hydrogen) atoms. The van der Waals surface area contributed by atoms with E-state index in [0.717, 1.165) is 28.2 Å². The van der Waals surface area contributed by atoms with Gasteiger partial charge in [-0.2, -0.15) is 0 Å². The van der Waals surface area contributed by atoms with Crippen LogP contribution in [-0.2, 0) is 18.0 Å². The predicted molar refractivity (Wildman–Crippen MR) is 140 cm³/mol. The van der Waals surface area contributed by atoms with Crippen LogP contribution in [0.15, 0.2) is 78.9 Å². The van der Waals surface area contributed by atoms with Crippen molar-refractivity contribution in [3.63, 3.8) is 0 Å². The number of carbonyl (C=O) groups is 1. The third-order valence-corrected chi connectivity index (χ3v) is 6.30. The van der Waals surface area contributed by atoms with E-state index < -0.39 is 10.9 Å². The Morgan fingerprint density at radius 1 is 0.892 bits per heavy atom. The van der Waals surface area contributed by atoms with Gasteiger partial charge in [-0.15, -0.1) is 11.3 Å². The lowest BCUT2D eigenvalue weighted by Crippen LogP contribution is -2.02. The lowest BCUT2D eigenvalue weighted by Gasteiger charge is -2.10. The predicted octanol–water partition coefficient (Wildman–Crippen LogP) is 6.35. The van der Waals surface area contributed by atoms with E-state index in [0.29, 0.717) is 16.5 Å².